The second-order valence-electron chi connectivity index (χ2n) is 10.5. The molecule has 0 radical (unpaired) electrons. The van der Waals surface area contributed by atoms with Crippen molar-refractivity contribution < 1.29 is 4.79 Å². The Morgan fingerprint density at radius 3 is 1.86 bits per heavy atom. The molecule has 4 aromatic carbocycles. The quantitative estimate of drug-likeness (QED) is 0.162. The highest BCUT2D eigenvalue weighted by atomic mass is 16.1. The molecule has 0 spiro atoms. The van der Waals surface area contributed by atoms with E-state index in [2.05, 4.69) is 99.8 Å². The van der Waals surface area contributed by atoms with Gasteiger partial charge in [0.1, 0.15) is 5.54 Å². The lowest BCUT2D eigenvalue weighted by atomic mass is 9.77. The first-order valence-corrected chi connectivity index (χ1v) is 14.1. The van der Waals surface area contributed by atoms with Crippen LogP contribution in [0.15, 0.2) is 146 Å². The van der Waals surface area contributed by atoms with Crippen molar-refractivity contribution in [2.75, 3.05) is 0 Å². The number of imidazole rings is 1. The van der Waals surface area contributed by atoms with Crippen molar-refractivity contribution >= 4 is 11.9 Å². The summed E-state index contributed by atoms with van der Waals surface area (Å²) >= 11 is 0. The van der Waals surface area contributed by atoms with Gasteiger partial charge >= 0.3 is 0 Å². The summed E-state index contributed by atoms with van der Waals surface area (Å²) in [5.41, 5.74) is 7.90. The fourth-order valence-corrected chi connectivity index (χ4v) is 6.12. The van der Waals surface area contributed by atoms with Gasteiger partial charge in [0, 0.05) is 22.9 Å². The Balaban J connectivity index is 1.38. The molecule has 5 heteroatoms. The first kappa shape index (κ1) is 25.5. The minimum absolute atomic E-state index is 0.0164. The van der Waals surface area contributed by atoms with E-state index < -0.39 is 5.54 Å². The Kier molecular flexibility index (Phi) is 6.61. The lowest BCUT2D eigenvalue weighted by Gasteiger charge is -2.37. The molecule has 0 N–H and O–H groups in total. The normalized spacial score (nSPS) is 14.1. The molecule has 0 fully saturated rings. The van der Waals surface area contributed by atoms with E-state index >= 15 is 0 Å². The van der Waals surface area contributed by atoms with Gasteiger partial charge in [0.15, 0.2) is 5.78 Å². The standard InChI is InChI=1S/C37H28N4O/c42-36-28(20-21-29-23-39-40-24-34(29)36)22-27-12-10-11-19-33(27)35-25-41(26-38-35)37(30-13-4-1-5-14-30,31-15-6-2-7-16-31)32-17-8-3-9-18-32/h1-19,22-26H,20-21H2/b28-22+. The summed E-state index contributed by atoms with van der Waals surface area (Å²) in [6.45, 7) is 0. The zero-order valence-corrected chi connectivity index (χ0v) is 23.0. The van der Waals surface area contributed by atoms with Gasteiger partial charge in [-0.25, -0.2) is 4.98 Å². The van der Waals surface area contributed by atoms with E-state index in [0.29, 0.717) is 12.0 Å². The number of nitrogens with zero attached hydrogens (tertiary/aromatic N) is 4. The monoisotopic (exact) mass is 544 g/mol. The highest BCUT2D eigenvalue weighted by Crippen LogP contribution is 2.41. The fourth-order valence-electron chi connectivity index (χ4n) is 6.12. The fraction of sp³-hybridized carbons (Fsp3) is 0.0811. The van der Waals surface area contributed by atoms with E-state index in [9.17, 15) is 4.79 Å². The van der Waals surface area contributed by atoms with Gasteiger partial charge in [-0.1, -0.05) is 115 Å². The second kappa shape index (κ2) is 10.9. The van der Waals surface area contributed by atoms with E-state index in [4.69, 9.17) is 4.98 Å². The van der Waals surface area contributed by atoms with Crippen molar-refractivity contribution in [2.24, 2.45) is 0 Å². The van der Waals surface area contributed by atoms with Crippen LogP contribution >= 0.6 is 0 Å². The molecule has 6 aromatic rings. The summed E-state index contributed by atoms with van der Waals surface area (Å²) < 4.78 is 2.22. The Morgan fingerprint density at radius 1 is 0.643 bits per heavy atom. The Morgan fingerprint density at radius 2 is 1.21 bits per heavy atom. The Bertz CT molecular complexity index is 1800. The van der Waals surface area contributed by atoms with Gasteiger partial charge in [-0.3, -0.25) is 4.79 Å². The van der Waals surface area contributed by atoms with Crippen molar-refractivity contribution in [3.05, 3.63) is 179 Å². The van der Waals surface area contributed by atoms with Crippen LogP contribution in [-0.4, -0.2) is 25.5 Å². The van der Waals surface area contributed by atoms with E-state index in [1.54, 1.807) is 12.4 Å². The molecule has 0 saturated carbocycles. The van der Waals surface area contributed by atoms with Crippen molar-refractivity contribution in [1.82, 2.24) is 19.7 Å². The van der Waals surface area contributed by atoms with Crippen molar-refractivity contribution in [2.45, 2.75) is 18.4 Å². The van der Waals surface area contributed by atoms with Crippen molar-refractivity contribution in [3.8, 4) is 11.3 Å². The zero-order valence-electron chi connectivity index (χ0n) is 23.0. The third-order valence-corrected chi connectivity index (χ3v) is 8.12. The van der Waals surface area contributed by atoms with Crippen LogP contribution in [0.1, 0.15) is 44.6 Å². The van der Waals surface area contributed by atoms with Gasteiger partial charge in [0.2, 0.25) is 0 Å². The Hall–Kier alpha value is -5.42. The first-order chi connectivity index (χ1) is 20.7. The highest BCUT2D eigenvalue weighted by Gasteiger charge is 2.38. The highest BCUT2D eigenvalue weighted by molar-refractivity contribution is 6.13. The maximum atomic E-state index is 13.3. The topological polar surface area (TPSA) is 60.7 Å². The average Bonchev–Trinajstić information content (AvgIpc) is 3.55. The van der Waals surface area contributed by atoms with Gasteiger partial charge < -0.3 is 4.57 Å². The number of rotatable bonds is 6. The Labute approximate surface area is 244 Å². The number of allylic oxidation sites excluding steroid dienone is 1. The van der Waals surface area contributed by atoms with Gasteiger partial charge in [-0.05, 0) is 46.7 Å². The number of benzene rings is 4. The van der Waals surface area contributed by atoms with Crippen LogP contribution in [0.25, 0.3) is 17.3 Å². The molecular formula is C37H28N4O. The number of hydrogen-bond donors (Lipinski definition) is 0. The SMILES string of the molecule is O=C1/C(=C/c2ccccc2-c2cn(C(c3ccccc3)(c3ccccc3)c3ccccc3)cn2)CCc2cnncc21. The molecule has 2 heterocycles. The number of aromatic nitrogens is 4. The summed E-state index contributed by atoms with van der Waals surface area (Å²) in [7, 11) is 0. The number of fused-ring (bicyclic) bond motifs is 1. The molecule has 2 aromatic heterocycles. The molecular weight excluding hydrogens is 516 g/mol. The van der Waals surface area contributed by atoms with Crippen LogP contribution in [-0.2, 0) is 12.0 Å². The molecule has 0 aliphatic heterocycles. The van der Waals surface area contributed by atoms with Gasteiger partial charge in [-0.15, -0.1) is 0 Å². The van der Waals surface area contributed by atoms with Crippen LogP contribution in [0, 0.1) is 0 Å². The summed E-state index contributed by atoms with van der Waals surface area (Å²) in [6, 6.07) is 39.8. The zero-order chi connectivity index (χ0) is 28.4. The third kappa shape index (κ3) is 4.36. The smallest absolute Gasteiger partial charge is 0.190 e. The molecule has 42 heavy (non-hydrogen) atoms. The van der Waals surface area contributed by atoms with Gasteiger partial charge in [0.05, 0.1) is 24.4 Å². The van der Waals surface area contributed by atoms with Crippen LogP contribution in [0.5, 0.6) is 0 Å². The van der Waals surface area contributed by atoms with Crippen LogP contribution in [0.3, 0.4) is 0 Å². The molecule has 7 rings (SSSR count). The molecule has 0 atom stereocenters. The van der Waals surface area contributed by atoms with E-state index in [1.165, 1.54) is 0 Å². The van der Waals surface area contributed by atoms with Gasteiger partial charge in [-0.2, -0.15) is 10.2 Å². The number of aryl methyl sites for hydroxylation is 1. The molecule has 5 nitrogen and oxygen atoms in total. The van der Waals surface area contributed by atoms with E-state index in [1.807, 2.05) is 48.8 Å². The number of ketones is 1. The minimum atomic E-state index is -0.646. The number of hydrogen-bond acceptors (Lipinski definition) is 4. The minimum Gasteiger partial charge on any atom is -0.318 e. The van der Waals surface area contributed by atoms with Gasteiger partial charge in [0.25, 0.3) is 0 Å². The van der Waals surface area contributed by atoms with Crippen LogP contribution < -0.4 is 0 Å². The molecule has 1 aliphatic carbocycles. The predicted octanol–water partition coefficient (Wildman–Crippen LogP) is 7.39. The number of Topliss-reactive ketones (excluding diaryl/α,β-unsaturated/α-hetero) is 1. The van der Waals surface area contributed by atoms with Crippen LogP contribution in [0.2, 0.25) is 0 Å². The largest absolute Gasteiger partial charge is 0.318 e. The van der Waals surface area contributed by atoms with E-state index in [0.717, 1.165) is 51.1 Å². The summed E-state index contributed by atoms with van der Waals surface area (Å²) in [5.74, 6) is 0.0164. The molecule has 202 valence electrons. The summed E-state index contributed by atoms with van der Waals surface area (Å²) in [5, 5.41) is 7.90. The van der Waals surface area contributed by atoms with Crippen molar-refractivity contribution in [1.29, 1.82) is 0 Å². The lowest BCUT2D eigenvalue weighted by molar-refractivity contribution is 0.102. The second-order valence-corrected chi connectivity index (χ2v) is 10.5. The first-order valence-electron chi connectivity index (χ1n) is 14.1. The molecule has 0 amide bonds. The van der Waals surface area contributed by atoms with E-state index in [-0.39, 0.29) is 5.78 Å². The predicted molar refractivity (Wildman–Crippen MR) is 165 cm³/mol. The summed E-state index contributed by atoms with van der Waals surface area (Å²) in [6.07, 6.45) is 10.8. The summed E-state index contributed by atoms with van der Waals surface area (Å²) in [4.78, 5) is 18.3. The number of carbonyl (C=O) groups excluding carboxylic acids is 1. The van der Waals surface area contributed by atoms with Crippen LogP contribution in [0.4, 0.5) is 0 Å². The van der Waals surface area contributed by atoms with Crippen molar-refractivity contribution in [3.63, 3.8) is 0 Å². The molecule has 0 bridgehead atoms. The maximum absolute atomic E-state index is 13.3. The third-order valence-electron chi connectivity index (χ3n) is 8.12. The molecule has 1 aliphatic rings. The number of carbonyl (C=O) groups is 1. The lowest BCUT2D eigenvalue weighted by Crippen LogP contribution is -2.36. The molecule has 0 saturated heterocycles. The average molecular weight is 545 g/mol. The molecule has 0 unspecified atom stereocenters. The maximum Gasteiger partial charge on any atom is 0.190 e.